The second kappa shape index (κ2) is 7.17. The molecule has 1 unspecified atom stereocenters. The second-order valence-corrected chi connectivity index (χ2v) is 5.69. The second-order valence-electron chi connectivity index (χ2n) is 5.69. The SMILES string of the molecule is CCOc1cccc(NC(=O)C2CC(=O)N(c3ccccc3)C2)c1. The summed E-state index contributed by atoms with van der Waals surface area (Å²) < 4.78 is 5.43. The third kappa shape index (κ3) is 3.56. The molecule has 2 aromatic carbocycles. The fourth-order valence-electron chi connectivity index (χ4n) is 2.82. The van der Waals surface area contributed by atoms with Gasteiger partial charge >= 0.3 is 0 Å². The molecule has 0 bridgehead atoms. The molecule has 1 saturated heterocycles. The Hall–Kier alpha value is -2.82. The Morgan fingerprint density at radius 3 is 2.75 bits per heavy atom. The number of nitrogens with zero attached hydrogens (tertiary/aromatic N) is 1. The molecule has 0 aromatic heterocycles. The average Bonchev–Trinajstić information content (AvgIpc) is 2.98. The Balaban J connectivity index is 1.66. The smallest absolute Gasteiger partial charge is 0.229 e. The van der Waals surface area contributed by atoms with Gasteiger partial charge in [0.1, 0.15) is 5.75 Å². The molecule has 5 heteroatoms. The monoisotopic (exact) mass is 324 g/mol. The predicted molar refractivity (Wildman–Crippen MR) is 93.1 cm³/mol. The van der Waals surface area contributed by atoms with Crippen molar-refractivity contribution in [3.05, 3.63) is 54.6 Å². The van der Waals surface area contributed by atoms with Crippen molar-refractivity contribution in [2.75, 3.05) is 23.4 Å². The van der Waals surface area contributed by atoms with E-state index in [-0.39, 0.29) is 24.2 Å². The van der Waals surface area contributed by atoms with Crippen molar-refractivity contribution in [2.24, 2.45) is 5.92 Å². The molecule has 2 amide bonds. The minimum Gasteiger partial charge on any atom is -0.494 e. The summed E-state index contributed by atoms with van der Waals surface area (Å²) in [4.78, 5) is 26.4. The first kappa shape index (κ1) is 16.1. The van der Waals surface area contributed by atoms with Gasteiger partial charge in [-0.2, -0.15) is 0 Å². The van der Waals surface area contributed by atoms with Crippen LogP contribution in [0.1, 0.15) is 13.3 Å². The summed E-state index contributed by atoms with van der Waals surface area (Å²) in [5, 5.41) is 2.88. The largest absolute Gasteiger partial charge is 0.494 e. The van der Waals surface area contributed by atoms with E-state index < -0.39 is 0 Å². The van der Waals surface area contributed by atoms with Gasteiger partial charge in [-0.3, -0.25) is 9.59 Å². The van der Waals surface area contributed by atoms with Gasteiger partial charge in [0.2, 0.25) is 11.8 Å². The number of carbonyl (C=O) groups is 2. The topological polar surface area (TPSA) is 58.6 Å². The zero-order valence-electron chi connectivity index (χ0n) is 13.6. The quantitative estimate of drug-likeness (QED) is 0.919. The van der Waals surface area contributed by atoms with E-state index in [4.69, 9.17) is 4.74 Å². The van der Waals surface area contributed by atoms with Gasteiger partial charge in [0.05, 0.1) is 12.5 Å². The van der Waals surface area contributed by atoms with Crippen LogP contribution in [0.25, 0.3) is 0 Å². The van der Waals surface area contributed by atoms with Crippen LogP contribution in [0.15, 0.2) is 54.6 Å². The van der Waals surface area contributed by atoms with Crippen LogP contribution < -0.4 is 15.0 Å². The van der Waals surface area contributed by atoms with Crippen LogP contribution in [0, 0.1) is 5.92 Å². The van der Waals surface area contributed by atoms with Crippen LogP contribution in [-0.4, -0.2) is 25.0 Å². The molecule has 3 rings (SSSR count). The highest BCUT2D eigenvalue weighted by atomic mass is 16.5. The first-order chi connectivity index (χ1) is 11.7. The van der Waals surface area contributed by atoms with Gasteiger partial charge in [-0.15, -0.1) is 0 Å². The lowest BCUT2D eigenvalue weighted by Gasteiger charge is -2.16. The number of anilines is 2. The summed E-state index contributed by atoms with van der Waals surface area (Å²) in [5.74, 6) is 0.192. The molecule has 1 aliphatic heterocycles. The number of para-hydroxylation sites is 1. The lowest BCUT2D eigenvalue weighted by Crippen LogP contribution is -2.28. The minimum atomic E-state index is -0.353. The number of hydrogen-bond acceptors (Lipinski definition) is 3. The molecule has 1 aliphatic rings. The lowest BCUT2D eigenvalue weighted by atomic mass is 10.1. The molecule has 1 N–H and O–H groups in total. The third-order valence-corrected chi connectivity index (χ3v) is 3.98. The highest BCUT2D eigenvalue weighted by Gasteiger charge is 2.35. The number of benzene rings is 2. The van der Waals surface area contributed by atoms with Crippen molar-refractivity contribution >= 4 is 23.2 Å². The predicted octanol–water partition coefficient (Wildman–Crippen LogP) is 3.08. The number of hydrogen-bond donors (Lipinski definition) is 1. The van der Waals surface area contributed by atoms with E-state index in [1.54, 1.807) is 11.0 Å². The Morgan fingerprint density at radius 1 is 1.21 bits per heavy atom. The first-order valence-corrected chi connectivity index (χ1v) is 8.06. The fourth-order valence-corrected chi connectivity index (χ4v) is 2.82. The Morgan fingerprint density at radius 2 is 2.00 bits per heavy atom. The minimum absolute atomic E-state index is 0.0237. The number of ether oxygens (including phenoxy) is 1. The molecule has 124 valence electrons. The zero-order valence-corrected chi connectivity index (χ0v) is 13.6. The summed E-state index contributed by atoms with van der Waals surface area (Å²) in [6.45, 7) is 2.88. The van der Waals surface area contributed by atoms with E-state index in [0.29, 0.717) is 24.6 Å². The van der Waals surface area contributed by atoms with E-state index in [9.17, 15) is 9.59 Å². The average molecular weight is 324 g/mol. The molecule has 1 atom stereocenters. The molecule has 1 fully saturated rings. The summed E-state index contributed by atoms with van der Waals surface area (Å²) in [7, 11) is 0. The molecular weight excluding hydrogens is 304 g/mol. The Kier molecular flexibility index (Phi) is 4.79. The first-order valence-electron chi connectivity index (χ1n) is 8.06. The summed E-state index contributed by atoms with van der Waals surface area (Å²) in [6.07, 6.45) is 0.228. The lowest BCUT2D eigenvalue weighted by molar-refractivity contribution is -0.122. The van der Waals surface area contributed by atoms with Gasteiger partial charge in [-0.05, 0) is 31.2 Å². The van der Waals surface area contributed by atoms with Gasteiger partial charge in [-0.25, -0.2) is 0 Å². The van der Waals surface area contributed by atoms with Crippen LogP contribution in [0.2, 0.25) is 0 Å². The van der Waals surface area contributed by atoms with E-state index in [1.807, 2.05) is 55.5 Å². The molecule has 0 radical (unpaired) electrons. The summed E-state index contributed by atoms with van der Waals surface area (Å²) in [6, 6.07) is 16.7. The summed E-state index contributed by atoms with van der Waals surface area (Å²) in [5.41, 5.74) is 1.51. The van der Waals surface area contributed by atoms with Crippen molar-refractivity contribution < 1.29 is 14.3 Å². The van der Waals surface area contributed by atoms with E-state index in [2.05, 4.69) is 5.32 Å². The molecule has 5 nitrogen and oxygen atoms in total. The molecule has 2 aromatic rings. The maximum atomic E-state index is 12.5. The van der Waals surface area contributed by atoms with Crippen molar-refractivity contribution in [1.29, 1.82) is 0 Å². The standard InChI is InChI=1S/C19H20N2O3/c1-2-24-17-10-6-7-15(12-17)20-19(23)14-11-18(22)21(13-14)16-8-4-3-5-9-16/h3-10,12,14H,2,11,13H2,1H3,(H,20,23). The zero-order chi connectivity index (χ0) is 16.9. The van der Waals surface area contributed by atoms with Crippen molar-refractivity contribution in [3.63, 3.8) is 0 Å². The molecule has 1 heterocycles. The van der Waals surface area contributed by atoms with Crippen LogP contribution in [0.4, 0.5) is 11.4 Å². The van der Waals surface area contributed by atoms with E-state index in [0.717, 1.165) is 5.69 Å². The van der Waals surface area contributed by atoms with E-state index >= 15 is 0 Å². The van der Waals surface area contributed by atoms with Gasteiger partial charge < -0.3 is 15.0 Å². The molecule has 0 aliphatic carbocycles. The van der Waals surface area contributed by atoms with Crippen LogP contribution in [-0.2, 0) is 9.59 Å². The van der Waals surface area contributed by atoms with Crippen LogP contribution in [0.5, 0.6) is 5.75 Å². The highest BCUT2D eigenvalue weighted by molar-refractivity contribution is 6.03. The maximum Gasteiger partial charge on any atom is 0.229 e. The Bertz CT molecular complexity index is 730. The van der Waals surface area contributed by atoms with Gasteiger partial charge in [-0.1, -0.05) is 24.3 Å². The highest BCUT2D eigenvalue weighted by Crippen LogP contribution is 2.26. The van der Waals surface area contributed by atoms with Crippen molar-refractivity contribution in [2.45, 2.75) is 13.3 Å². The van der Waals surface area contributed by atoms with Gasteiger partial charge in [0.15, 0.2) is 0 Å². The van der Waals surface area contributed by atoms with Gasteiger partial charge in [0.25, 0.3) is 0 Å². The normalized spacial score (nSPS) is 17.0. The Labute approximate surface area is 141 Å². The number of rotatable bonds is 5. The fraction of sp³-hybridized carbons (Fsp3) is 0.263. The summed E-state index contributed by atoms with van der Waals surface area (Å²) >= 11 is 0. The molecule has 24 heavy (non-hydrogen) atoms. The van der Waals surface area contributed by atoms with Crippen molar-refractivity contribution in [1.82, 2.24) is 0 Å². The molecule has 0 saturated carbocycles. The molecule has 0 spiro atoms. The van der Waals surface area contributed by atoms with Crippen molar-refractivity contribution in [3.8, 4) is 5.75 Å². The van der Waals surface area contributed by atoms with Gasteiger partial charge in [0, 0.05) is 30.4 Å². The maximum absolute atomic E-state index is 12.5. The van der Waals surface area contributed by atoms with Crippen LogP contribution in [0.3, 0.4) is 0 Å². The number of amides is 2. The van der Waals surface area contributed by atoms with E-state index in [1.165, 1.54) is 0 Å². The number of carbonyl (C=O) groups excluding carboxylic acids is 2. The van der Waals surface area contributed by atoms with Crippen LogP contribution >= 0.6 is 0 Å². The molecular formula is C19H20N2O3. The number of nitrogens with one attached hydrogen (secondary N) is 1. The third-order valence-electron chi connectivity index (χ3n) is 3.98.